The molecule has 0 saturated heterocycles. The molecular formula is C29H33NO5. The van der Waals surface area contributed by atoms with Crippen LogP contribution in [-0.4, -0.2) is 52.3 Å². The van der Waals surface area contributed by atoms with E-state index in [9.17, 15) is 4.79 Å². The molecule has 0 fully saturated rings. The minimum absolute atomic E-state index is 0.222. The Morgan fingerprint density at radius 2 is 1.63 bits per heavy atom. The molecule has 1 unspecified atom stereocenters. The largest absolute Gasteiger partial charge is 0.497 e. The Morgan fingerprint density at radius 1 is 0.857 bits per heavy atom. The van der Waals surface area contributed by atoms with Gasteiger partial charge in [0.25, 0.3) is 0 Å². The Kier molecular flexibility index (Phi) is 7.61. The van der Waals surface area contributed by atoms with Gasteiger partial charge >= 0.3 is 5.97 Å². The number of benzene rings is 3. The molecule has 0 N–H and O–H groups in total. The number of likely N-dealkylation sites (N-methyl/N-ethyl adjacent to an activating group) is 1. The van der Waals surface area contributed by atoms with Crippen LogP contribution < -0.4 is 18.9 Å². The number of carbonyl (C=O) groups is 1. The average molecular weight is 476 g/mol. The van der Waals surface area contributed by atoms with E-state index >= 15 is 0 Å². The first-order valence-electron chi connectivity index (χ1n) is 11.9. The van der Waals surface area contributed by atoms with Crippen molar-refractivity contribution >= 4 is 5.97 Å². The molecule has 0 spiro atoms. The van der Waals surface area contributed by atoms with E-state index in [-0.39, 0.29) is 5.97 Å². The number of ether oxygens (including phenoxy) is 4. The summed E-state index contributed by atoms with van der Waals surface area (Å²) >= 11 is 0. The molecule has 0 radical (unpaired) electrons. The van der Waals surface area contributed by atoms with Crippen LogP contribution in [-0.2, 0) is 16.6 Å². The maximum Gasteiger partial charge on any atom is 0.326 e. The summed E-state index contributed by atoms with van der Waals surface area (Å²) in [5.74, 6) is 2.58. The van der Waals surface area contributed by atoms with Gasteiger partial charge in [0.05, 0.1) is 21.3 Å². The van der Waals surface area contributed by atoms with Crippen LogP contribution in [0.1, 0.15) is 29.5 Å². The summed E-state index contributed by atoms with van der Waals surface area (Å²) in [5, 5.41) is 0. The molecule has 3 aromatic rings. The van der Waals surface area contributed by atoms with Crippen LogP contribution in [0.3, 0.4) is 0 Å². The Bertz CT molecular complexity index is 1160. The standard InChI is InChI=1S/C29H33NO5/c1-30(18-15-21-11-13-26(33-3)27(19-21)34-4)17-8-16-29(22-9-6-5-7-10-22)24-20-23(32-2)12-14-25(24)35-28(29)31/h5-7,9-14,19-20H,8,15-18H2,1-4H3. The number of esters is 1. The topological polar surface area (TPSA) is 57.2 Å². The first-order valence-corrected chi connectivity index (χ1v) is 11.9. The van der Waals surface area contributed by atoms with Crippen molar-refractivity contribution in [2.24, 2.45) is 0 Å². The molecule has 6 heteroatoms. The average Bonchev–Trinajstić information content (AvgIpc) is 3.18. The van der Waals surface area contributed by atoms with Crippen LogP contribution in [0, 0.1) is 0 Å². The summed E-state index contributed by atoms with van der Waals surface area (Å²) in [6.45, 7) is 1.75. The monoisotopic (exact) mass is 475 g/mol. The van der Waals surface area contributed by atoms with Crippen LogP contribution in [0.5, 0.6) is 23.0 Å². The Morgan fingerprint density at radius 3 is 2.34 bits per heavy atom. The van der Waals surface area contributed by atoms with E-state index in [2.05, 4.69) is 18.0 Å². The van der Waals surface area contributed by atoms with Crippen LogP contribution >= 0.6 is 0 Å². The molecule has 3 aromatic carbocycles. The summed E-state index contributed by atoms with van der Waals surface area (Å²) in [6.07, 6.45) is 2.38. The zero-order valence-electron chi connectivity index (χ0n) is 20.9. The van der Waals surface area contributed by atoms with E-state index < -0.39 is 5.41 Å². The predicted octanol–water partition coefficient (Wildman–Crippen LogP) is 4.87. The molecule has 4 rings (SSSR count). The number of rotatable bonds is 11. The Hall–Kier alpha value is -3.51. The fourth-order valence-corrected chi connectivity index (χ4v) is 4.81. The highest BCUT2D eigenvalue weighted by molar-refractivity contribution is 5.94. The van der Waals surface area contributed by atoms with Gasteiger partial charge in [-0.05, 0) is 74.3 Å². The van der Waals surface area contributed by atoms with Crippen LogP contribution in [0.4, 0.5) is 0 Å². The zero-order valence-corrected chi connectivity index (χ0v) is 20.9. The Balaban J connectivity index is 1.46. The first kappa shape index (κ1) is 24.6. The van der Waals surface area contributed by atoms with Gasteiger partial charge in [-0.15, -0.1) is 0 Å². The number of nitrogens with zero attached hydrogens (tertiary/aromatic N) is 1. The van der Waals surface area contributed by atoms with E-state index in [0.29, 0.717) is 12.2 Å². The number of methoxy groups -OCH3 is 3. The number of hydrogen-bond donors (Lipinski definition) is 0. The van der Waals surface area contributed by atoms with Crippen LogP contribution in [0.2, 0.25) is 0 Å². The fourth-order valence-electron chi connectivity index (χ4n) is 4.81. The van der Waals surface area contributed by atoms with Gasteiger partial charge in [0, 0.05) is 12.1 Å². The van der Waals surface area contributed by atoms with Gasteiger partial charge in [0.1, 0.15) is 16.9 Å². The van der Waals surface area contributed by atoms with Crippen molar-refractivity contribution in [2.45, 2.75) is 24.7 Å². The van der Waals surface area contributed by atoms with Crippen molar-refractivity contribution < 1.29 is 23.7 Å². The third-order valence-electron chi connectivity index (χ3n) is 6.79. The van der Waals surface area contributed by atoms with E-state index in [0.717, 1.165) is 54.3 Å². The minimum atomic E-state index is -0.838. The van der Waals surface area contributed by atoms with Gasteiger partial charge in [-0.2, -0.15) is 0 Å². The molecular weight excluding hydrogens is 442 g/mol. The fraction of sp³-hybridized carbons (Fsp3) is 0.345. The minimum Gasteiger partial charge on any atom is -0.497 e. The normalized spacial score (nSPS) is 16.7. The second kappa shape index (κ2) is 10.8. The van der Waals surface area contributed by atoms with E-state index in [1.165, 1.54) is 5.56 Å². The number of hydrogen-bond acceptors (Lipinski definition) is 6. The molecule has 184 valence electrons. The lowest BCUT2D eigenvalue weighted by molar-refractivity contribution is -0.137. The molecule has 1 aliphatic heterocycles. The first-order chi connectivity index (χ1) is 17.0. The van der Waals surface area contributed by atoms with Gasteiger partial charge in [-0.1, -0.05) is 36.4 Å². The number of carbonyl (C=O) groups excluding carboxylic acids is 1. The molecule has 1 aliphatic rings. The van der Waals surface area contributed by atoms with Crippen molar-refractivity contribution in [3.05, 3.63) is 83.4 Å². The van der Waals surface area contributed by atoms with Crippen molar-refractivity contribution in [1.82, 2.24) is 4.90 Å². The van der Waals surface area contributed by atoms with Crippen molar-refractivity contribution in [2.75, 3.05) is 41.5 Å². The van der Waals surface area contributed by atoms with E-state index in [1.54, 1.807) is 21.3 Å². The SMILES string of the molecule is COc1ccc2c(c1)C(CCCN(C)CCc1ccc(OC)c(OC)c1)(c1ccccc1)C(=O)O2. The highest BCUT2D eigenvalue weighted by Gasteiger charge is 2.50. The van der Waals surface area contributed by atoms with Gasteiger partial charge in [-0.3, -0.25) is 4.79 Å². The maximum absolute atomic E-state index is 13.4. The summed E-state index contributed by atoms with van der Waals surface area (Å²) in [4.78, 5) is 15.6. The summed E-state index contributed by atoms with van der Waals surface area (Å²) in [7, 11) is 7.04. The molecule has 0 bridgehead atoms. The second-order valence-electron chi connectivity index (χ2n) is 8.87. The van der Waals surface area contributed by atoms with Gasteiger partial charge in [0.2, 0.25) is 0 Å². The molecule has 6 nitrogen and oxygen atoms in total. The highest BCUT2D eigenvalue weighted by Crippen LogP contribution is 2.48. The molecule has 0 aliphatic carbocycles. The van der Waals surface area contributed by atoms with Crippen molar-refractivity contribution in [3.8, 4) is 23.0 Å². The molecule has 35 heavy (non-hydrogen) atoms. The van der Waals surface area contributed by atoms with Crippen molar-refractivity contribution in [1.29, 1.82) is 0 Å². The molecule has 0 amide bonds. The van der Waals surface area contributed by atoms with Crippen LogP contribution in [0.25, 0.3) is 0 Å². The maximum atomic E-state index is 13.4. The summed E-state index contributed by atoms with van der Waals surface area (Å²) < 4.78 is 22.0. The molecule has 0 saturated carbocycles. The van der Waals surface area contributed by atoms with Crippen molar-refractivity contribution in [3.63, 3.8) is 0 Å². The van der Waals surface area contributed by atoms with E-state index in [4.69, 9.17) is 18.9 Å². The zero-order chi connectivity index (χ0) is 24.8. The smallest absolute Gasteiger partial charge is 0.326 e. The highest BCUT2D eigenvalue weighted by atomic mass is 16.5. The summed E-state index contributed by atoms with van der Waals surface area (Å²) in [6, 6.07) is 21.5. The summed E-state index contributed by atoms with van der Waals surface area (Å²) in [5.41, 5.74) is 2.18. The molecule has 1 atom stereocenters. The van der Waals surface area contributed by atoms with Gasteiger partial charge in [0.15, 0.2) is 11.5 Å². The molecule has 0 aromatic heterocycles. The predicted molar refractivity (Wildman–Crippen MR) is 136 cm³/mol. The number of fused-ring (bicyclic) bond motifs is 1. The lowest BCUT2D eigenvalue weighted by Gasteiger charge is -2.28. The third kappa shape index (κ3) is 4.98. The van der Waals surface area contributed by atoms with E-state index in [1.807, 2.05) is 60.7 Å². The van der Waals surface area contributed by atoms with Crippen LogP contribution in [0.15, 0.2) is 66.7 Å². The Labute approximate surface area is 207 Å². The quantitative estimate of drug-likeness (QED) is 0.291. The lowest BCUT2D eigenvalue weighted by Crippen LogP contribution is -2.36. The molecule has 1 heterocycles. The lowest BCUT2D eigenvalue weighted by atomic mass is 9.72. The second-order valence-corrected chi connectivity index (χ2v) is 8.87. The van der Waals surface area contributed by atoms with Gasteiger partial charge < -0.3 is 23.8 Å². The third-order valence-corrected chi connectivity index (χ3v) is 6.79. The van der Waals surface area contributed by atoms with Gasteiger partial charge in [-0.25, -0.2) is 0 Å².